The van der Waals surface area contributed by atoms with Gasteiger partial charge >= 0.3 is 5.97 Å². The van der Waals surface area contributed by atoms with Crippen LogP contribution in [-0.2, 0) is 16.1 Å². The van der Waals surface area contributed by atoms with Crippen molar-refractivity contribution < 1.29 is 23.7 Å². The molecule has 0 amide bonds. The van der Waals surface area contributed by atoms with Crippen molar-refractivity contribution in [3.8, 4) is 17.2 Å². The molecule has 0 saturated carbocycles. The first-order valence-corrected chi connectivity index (χ1v) is 14.9. The molecule has 11 heteroatoms. The van der Waals surface area contributed by atoms with Gasteiger partial charge in [0.05, 0.1) is 42.7 Å². The summed E-state index contributed by atoms with van der Waals surface area (Å²) in [5.74, 6) is 0.944. The zero-order valence-corrected chi connectivity index (χ0v) is 26.2. The lowest BCUT2D eigenvalue weighted by Crippen LogP contribution is -2.40. The lowest BCUT2D eigenvalue weighted by molar-refractivity contribution is -0.139. The lowest BCUT2D eigenvalue weighted by Gasteiger charge is -2.25. The molecule has 0 aliphatic carbocycles. The number of allylic oxidation sites excluding steroid dienone is 1. The number of hydrogen-bond donors (Lipinski definition) is 0. The molecule has 0 fully saturated rings. The minimum absolute atomic E-state index is 0.171. The Morgan fingerprint density at radius 1 is 1.02 bits per heavy atom. The molecule has 0 N–H and O–H groups in total. The van der Waals surface area contributed by atoms with Crippen molar-refractivity contribution in [3.63, 3.8) is 0 Å². The highest BCUT2D eigenvalue weighted by molar-refractivity contribution is 7.07. The summed E-state index contributed by atoms with van der Waals surface area (Å²) in [7, 11) is 3.06. The molecule has 1 aromatic heterocycles. The summed E-state index contributed by atoms with van der Waals surface area (Å²) in [5, 5.41) is 1.07. The van der Waals surface area contributed by atoms with Gasteiger partial charge in [-0.2, -0.15) is 0 Å². The van der Waals surface area contributed by atoms with Crippen LogP contribution in [0.2, 0.25) is 10.0 Å². The van der Waals surface area contributed by atoms with Gasteiger partial charge < -0.3 is 18.9 Å². The van der Waals surface area contributed by atoms with Gasteiger partial charge in [-0.05, 0) is 61.9 Å². The maximum absolute atomic E-state index is 14.1. The lowest BCUT2D eigenvalue weighted by atomic mass is 9.95. The van der Waals surface area contributed by atoms with Crippen molar-refractivity contribution in [1.29, 1.82) is 0 Å². The van der Waals surface area contributed by atoms with Crippen LogP contribution in [0.3, 0.4) is 0 Å². The number of fused-ring (bicyclic) bond motifs is 1. The summed E-state index contributed by atoms with van der Waals surface area (Å²) < 4.78 is 24.3. The van der Waals surface area contributed by atoms with Crippen molar-refractivity contribution in [2.45, 2.75) is 26.5 Å². The molecule has 4 aromatic rings. The van der Waals surface area contributed by atoms with Crippen molar-refractivity contribution >= 4 is 46.6 Å². The quantitative estimate of drug-likeness (QED) is 0.219. The Morgan fingerprint density at radius 3 is 2.49 bits per heavy atom. The Bertz CT molecular complexity index is 1910. The van der Waals surface area contributed by atoms with Crippen LogP contribution in [-0.4, -0.2) is 31.4 Å². The van der Waals surface area contributed by atoms with E-state index in [1.807, 2.05) is 18.2 Å². The Morgan fingerprint density at radius 2 is 1.77 bits per heavy atom. The van der Waals surface area contributed by atoms with Crippen molar-refractivity contribution in [2.24, 2.45) is 4.99 Å². The van der Waals surface area contributed by atoms with Gasteiger partial charge in [0.1, 0.15) is 12.4 Å². The van der Waals surface area contributed by atoms with Gasteiger partial charge in [0.25, 0.3) is 5.56 Å². The number of rotatable bonds is 9. The fraction of sp³-hybridized carbons (Fsp3) is 0.219. The standard InChI is InChI=1S/C32H28Cl2N2O6S/c1-5-41-31(38)28-18(2)35-32-36(29(28)19-10-12-25(39-3)26(15-19)40-4)30(37)27(43-32)16-21-14-22(33)11-13-24(21)42-17-20-8-6-7-9-23(20)34/h6-16,29H,5,17H2,1-4H3/b27-16-. The molecule has 2 heterocycles. The maximum atomic E-state index is 14.1. The van der Waals surface area contributed by atoms with Crippen molar-refractivity contribution in [3.05, 3.63) is 118 Å². The first kappa shape index (κ1) is 30.4. The fourth-order valence-electron chi connectivity index (χ4n) is 4.81. The molecule has 1 unspecified atom stereocenters. The maximum Gasteiger partial charge on any atom is 0.338 e. The first-order valence-electron chi connectivity index (χ1n) is 13.3. The molecule has 3 aromatic carbocycles. The van der Waals surface area contributed by atoms with E-state index in [2.05, 4.69) is 4.99 Å². The highest BCUT2D eigenvalue weighted by Crippen LogP contribution is 2.36. The third-order valence-corrected chi connectivity index (χ3v) is 8.43. The minimum atomic E-state index is -0.812. The highest BCUT2D eigenvalue weighted by atomic mass is 35.5. The zero-order valence-electron chi connectivity index (χ0n) is 23.9. The molecular weight excluding hydrogens is 611 g/mol. The van der Waals surface area contributed by atoms with Gasteiger partial charge in [-0.1, -0.05) is 58.8 Å². The van der Waals surface area contributed by atoms with Gasteiger partial charge in [-0.15, -0.1) is 0 Å². The number of aromatic nitrogens is 1. The van der Waals surface area contributed by atoms with E-state index in [-0.39, 0.29) is 24.3 Å². The van der Waals surface area contributed by atoms with E-state index >= 15 is 0 Å². The van der Waals surface area contributed by atoms with Crippen molar-refractivity contribution in [1.82, 2.24) is 4.57 Å². The Kier molecular flexibility index (Phi) is 9.25. The van der Waals surface area contributed by atoms with Crippen LogP contribution < -0.4 is 29.1 Å². The summed E-state index contributed by atoms with van der Waals surface area (Å²) in [6, 6.07) is 17.1. The Hall–Kier alpha value is -4.05. The third kappa shape index (κ3) is 6.20. The minimum Gasteiger partial charge on any atom is -0.493 e. The van der Waals surface area contributed by atoms with Crippen LogP contribution in [0.15, 0.2) is 81.7 Å². The number of esters is 1. The van der Waals surface area contributed by atoms with Crippen LogP contribution >= 0.6 is 34.5 Å². The van der Waals surface area contributed by atoms with Crippen LogP contribution in [0.1, 0.15) is 36.6 Å². The summed E-state index contributed by atoms with van der Waals surface area (Å²) >= 11 is 13.9. The molecule has 1 atom stereocenters. The molecule has 43 heavy (non-hydrogen) atoms. The Balaban J connectivity index is 1.65. The number of halogens is 2. The molecule has 0 radical (unpaired) electrons. The van der Waals surface area contributed by atoms with E-state index in [1.54, 1.807) is 62.4 Å². The second kappa shape index (κ2) is 13.1. The number of thiazole rings is 1. The van der Waals surface area contributed by atoms with E-state index in [9.17, 15) is 9.59 Å². The molecule has 8 nitrogen and oxygen atoms in total. The van der Waals surface area contributed by atoms with E-state index in [4.69, 9.17) is 42.1 Å². The fourth-order valence-corrected chi connectivity index (χ4v) is 6.21. The second-order valence-corrected chi connectivity index (χ2v) is 11.3. The predicted molar refractivity (Wildman–Crippen MR) is 167 cm³/mol. The second-order valence-electron chi connectivity index (χ2n) is 9.48. The largest absolute Gasteiger partial charge is 0.493 e. The summed E-state index contributed by atoms with van der Waals surface area (Å²) in [6.07, 6.45) is 1.71. The van der Waals surface area contributed by atoms with Gasteiger partial charge in [-0.25, -0.2) is 9.79 Å². The van der Waals surface area contributed by atoms with E-state index in [1.165, 1.54) is 30.1 Å². The number of ether oxygens (including phenoxy) is 4. The molecule has 5 rings (SSSR count). The topological polar surface area (TPSA) is 88.4 Å². The number of hydrogen-bond acceptors (Lipinski definition) is 8. The van der Waals surface area contributed by atoms with Gasteiger partial charge in [0.15, 0.2) is 16.3 Å². The van der Waals surface area contributed by atoms with Gasteiger partial charge in [0.2, 0.25) is 0 Å². The first-order chi connectivity index (χ1) is 20.7. The van der Waals surface area contributed by atoms with E-state index in [0.717, 1.165) is 5.56 Å². The summed E-state index contributed by atoms with van der Waals surface area (Å²) in [6.45, 7) is 3.86. The van der Waals surface area contributed by atoms with Crippen LogP contribution in [0.4, 0.5) is 0 Å². The molecule has 1 aliphatic heterocycles. The monoisotopic (exact) mass is 638 g/mol. The summed E-state index contributed by atoms with van der Waals surface area (Å²) in [4.78, 5) is 32.4. The van der Waals surface area contributed by atoms with Crippen molar-refractivity contribution in [2.75, 3.05) is 20.8 Å². The molecular formula is C32H28Cl2N2O6S. The van der Waals surface area contributed by atoms with E-state index < -0.39 is 12.0 Å². The van der Waals surface area contributed by atoms with Crippen LogP contribution in [0.5, 0.6) is 17.2 Å². The predicted octanol–water partition coefficient (Wildman–Crippen LogP) is 5.70. The van der Waals surface area contributed by atoms with Crippen LogP contribution in [0.25, 0.3) is 6.08 Å². The normalized spacial score (nSPS) is 14.7. The average molecular weight is 640 g/mol. The third-order valence-electron chi connectivity index (χ3n) is 6.84. The smallest absolute Gasteiger partial charge is 0.338 e. The van der Waals surface area contributed by atoms with E-state index in [0.29, 0.717) is 53.5 Å². The SMILES string of the molecule is CCOC(=O)C1=C(C)N=c2s/c(=C\c3cc(Cl)ccc3OCc3ccccc3Cl)c(=O)n2C1c1ccc(OC)c(OC)c1. The Labute approximate surface area is 262 Å². The number of nitrogens with zero attached hydrogens (tertiary/aromatic N) is 2. The summed E-state index contributed by atoms with van der Waals surface area (Å²) in [5.41, 5.74) is 2.44. The number of methoxy groups -OCH3 is 2. The highest BCUT2D eigenvalue weighted by Gasteiger charge is 2.34. The zero-order chi connectivity index (χ0) is 30.7. The molecule has 0 saturated heterocycles. The average Bonchev–Trinajstić information content (AvgIpc) is 3.30. The number of benzene rings is 3. The number of carbonyl (C=O) groups is 1. The van der Waals surface area contributed by atoms with Gasteiger partial charge in [0, 0.05) is 21.2 Å². The molecule has 222 valence electrons. The van der Waals surface area contributed by atoms with Gasteiger partial charge in [-0.3, -0.25) is 9.36 Å². The number of carbonyl (C=O) groups excluding carboxylic acids is 1. The molecule has 0 bridgehead atoms. The molecule has 1 aliphatic rings. The molecule has 0 spiro atoms. The van der Waals surface area contributed by atoms with Crippen LogP contribution in [0, 0.1) is 0 Å².